The second kappa shape index (κ2) is 5.75. The van der Waals surface area contributed by atoms with Crippen LogP contribution < -0.4 is 0 Å². The maximum Gasteiger partial charge on any atom is 0.410 e. The van der Waals surface area contributed by atoms with Gasteiger partial charge in [-0.1, -0.05) is 0 Å². The Bertz CT molecular complexity index is 545. The fourth-order valence-electron chi connectivity index (χ4n) is 2.38. The van der Waals surface area contributed by atoms with Gasteiger partial charge in [0.15, 0.2) is 0 Å². The van der Waals surface area contributed by atoms with Crippen molar-refractivity contribution < 1.29 is 14.5 Å². The minimum atomic E-state index is -0.507. The normalized spacial score (nSPS) is 14.7. The van der Waals surface area contributed by atoms with E-state index in [0.29, 0.717) is 26.1 Å². The molecule has 0 saturated carbocycles. The number of fused-ring (bicyclic) bond motifs is 1. The molecule has 1 aromatic heterocycles. The topological polar surface area (TPSA) is 77.6 Å². The Morgan fingerprint density at radius 1 is 1.38 bits per heavy atom. The predicted molar refractivity (Wildman–Crippen MR) is 76.6 cm³/mol. The molecular formula is C14H21N3O4. The van der Waals surface area contributed by atoms with Gasteiger partial charge in [0.2, 0.25) is 6.54 Å². The molecule has 1 aliphatic rings. The maximum atomic E-state index is 12.1. The summed E-state index contributed by atoms with van der Waals surface area (Å²) in [6.07, 6.45) is 0.0983. The van der Waals surface area contributed by atoms with Crippen LogP contribution in [-0.2, 0) is 24.2 Å². The third kappa shape index (κ3) is 3.96. The van der Waals surface area contributed by atoms with Crippen molar-refractivity contribution in [3.8, 4) is 0 Å². The first-order valence-electron chi connectivity index (χ1n) is 7.03. The summed E-state index contributed by atoms with van der Waals surface area (Å²) in [4.78, 5) is 23.9. The molecular weight excluding hydrogens is 274 g/mol. The van der Waals surface area contributed by atoms with Crippen LogP contribution >= 0.6 is 0 Å². The third-order valence-corrected chi connectivity index (χ3v) is 3.31. The van der Waals surface area contributed by atoms with Crippen LogP contribution in [0.15, 0.2) is 12.1 Å². The van der Waals surface area contributed by atoms with E-state index in [-0.39, 0.29) is 17.6 Å². The van der Waals surface area contributed by atoms with Crippen LogP contribution in [0, 0.1) is 10.1 Å². The second-order valence-corrected chi connectivity index (χ2v) is 6.18. The van der Waals surface area contributed by atoms with E-state index < -0.39 is 5.60 Å². The Morgan fingerprint density at radius 3 is 2.71 bits per heavy atom. The summed E-state index contributed by atoms with van der Waals surface area (Å²) in [7, 11) is 0. The summed E-state index contributed by atoms with van der Waals surface area (Å²) >= 11 is 0. The van der Waals surface area contributed by atoms with Crippen molar-refractivity contribution >= 4 is 6.09 Å². The van der Waals surface area contributed by atoms with Crippen LogP contribution in [0.4, 0.5) is 4.79 Å². The number of amides is 1. The third-order valence-electron chi connectivity index (χ3n) is 3.31. The Hall–Kier alpha value is -2.05. The van der Waals surface area contributed by atoms with E-state index in [0.717, 1.165) is 11.4 Å². The van der Waals surface area contributed by atoms with Gasteiger partial charge in [0.05, 0.1) is 13.0 Å². The quantitative estimate of drug-likeness (QED) is 0.631. The van der Waals surface area contributed by atoms with E-state index in [4.69, 9.17) is 4.74 Å². The van der Waals surface area contributed by atoms with Crippen molar-refractivity contribution in [3.05, 3.63) is 33.6 Å². The largest absolute Gasteiger partial charge is 0.444 e. The van der Waals surface area contributed by atoms with Crippen LogP contribution in [0.1, 0.15) is 32.2 Å². The van der Waals surface area contributed by atoms with E-state index in [2.05, 4.69) is 4.57 Å². The fraction of sp³-hybridized carbons (Fsp3) is 0.643. The highest BCUT2D eigenvalue weighted by Gasteiger charge is 2.26. The summed E-state index contributed by atoms with van der Waals surface area (Å²) in [5.41, 5.74) is 1.43. The Labute approximate surface area is 123 Å². The lowest BCUT2D eigenvalue weighted by Gasteiger charge is -2.31. The SMILES string of the molecule is CC(C)(C)OC(=O)N1CCn2c(CC[N+](=O)[O-])ccc2C1. The highest BCUT2D eigenvalue weighted by molar-refractivity contribution is 5.68. The molecule has 0 bridgehead atoms. The molecule has 0 radical (unpaired) electrons. The molecule has 1 aromatic rings. The molecule has 0 aromatic carbocycles. The van der Waals surface area contributed by atoms with Crippen LogP contribution in [0.5, 0.6) is 0 Å². The van der Waals surface area contributed by atoms with E-state index in [1.54, 1.807) is 4.90 Å². The average molecular weight is 295 g/mol. The number of ether oxygens (including phenoxy) is 1. The number of aromatic nitrogens is 1. The zero-order chi connectivity index (χ0) is 15.6. The lowest BCUT2D eigenvalue weighted by atomic mass is 10.2. The molecule has 0 spiro atoms. The molecule has 0 N–H and O–H groups in total. The van der Waals surface area contributed by atoms with Crippen molar-refractivity contribution in [3.63, 3.8) is 0 Å². The Kier molecular flexibility index (Phi) is 4.20. The van der Waals surface area contributed by atoms with Crippen LogP contribution in [-0.4, -0.2) is 39.2 Å². The Balaban J connectivity index is 2.02. The summed E-state index contributed by atoms with van der Waals surface area (Å²) < 4.78 is 7.43. The maximum absolute atomic E-state index is 12.1. The molecule has 7 heteroatoms. The smallest absolute Gasteiger partial charge is 0.410 e. The summed E-state index contributed by atoms with van der Waals surface area (Å²) in [6, 6.07) is 3.82. The second-order valence-electron chi connectivity index (χ2n) is 6.18. The van der Waals surface area contributed by atoms with Gasteiger partial charge in [-0.25, -0.2) is 4.79 Å². The Morgan fingerprint density at radius 2 is 2.10 bits per heavy atom. The summed E-state index contributed by atoms with van der Waals surface area (Å²) in [5, 5.41) is 10.5. The van der Waals surface area contributed by atoms with Gasteiger partial charge in [0.1, 0.15) is 5.60 Å². The number of carbonyl (C=O) groups is 1. The van der Waals surface area contributed by atoms with Gasteiger partial charge in [-0.05, 0) is 32.9 Å². The minimum Gasteiger partial charge on any atom is -0.444 e. The van der Waals surface area contributed by atoms with Crippen LogP contribution in [0.2, 0.25) is 0 Å². The summed E-state index contributed by atoms with van der Waals surface area (Å²) in [5.74, 6) is 0. The van der Waals surface area contributed by atoms with E-state index >= 15 is 0 Å². The molecule has 2 heterocycles. The molecule has 21 heavy (non-hydrogen) atoms. The molecule has 116 valence electrons. The molecule has 7 nitrogen and oxygen atoms in total. The predicted octanol–water partition coefficient (Wildman–Crippen LogP) is 2.06. The van der Waals surface area contributed by atoms with Gasteiger partial charge in [0, 0.05) is 29.4 Å². The fourth-order valence-corrected chi connectivity index (χ4v) is 2.38. The lowest BCUT2D eigenvalue weighted by Crippen LogP contribution is -2.41. The van der Waals surface area contributed by atoms with Crippen molar-refractivity contribution in [1.82, 2.24) is 9.47 Å². The first-order chi connectivity index (χ1) is 9.76. The van der Waals surface area contributed by atoms with E-state index in [1.165, 1.54) is 0 Å². The minimum absolute atomic E-state index is 0.0702. The molecule has 1 amide bonds. The number of carbonyl (C=O) groups excluding carboxylic acids is 1. The van der Waals surface area contributed by atoms with Crippen LogP contribution in [0.3, 0.4) is 0 Å². The number of hydrogen-bond acceptors (Lipinski definition) is 4. The van der Waals surface area contributed by atoms with Gasteiger partial charge >= 0.3 is 6.09 Å². The molecule has 0 fully saturated rings. The van der Waals surface area contributed by atoms with E-state index in [1.807, 2.05) is 32.9 Å². The average Bonchev–Trinajstić information content (AvgIpc) is 2.76. The highest BCUT2D eigenvalue weighted by atomic mass is 16.6. The first-order valence-corrected chi connectivity index (χ1v) is 7.03. The van der Waals surface area contributed by atoms with Crippen molar-refractivity contribution in [2.24, 2.45) is 0 Å². The molecule has 0 atom stereocenters. The number of nitrogens with zero attached hydrogens (tertiary/aromatic N) is 3. The van der Waals surface area contributed by atoms with Gasteiger partial charge in [-0.2, -0.15) is 0 Å². The highest BCUT2D eigenvalue weighted by Crippen LogP contribution is 2.19. The van der Waals surface area contributed by atoms with E-state index in [9.17, 15) is 14.9 Å². The molecule has 1 aliphatic heterocycles. The molecule has 2 rings (SSSR count). The van der Waals surface area contributed by atoms with Gasteiger partial charge < -0.3 is 14.2 Å². The van der Waals surface area contributed by atoms with Crippen molar-refractivity contribution in [1.29, 1.82) is 0 Å². The van der Waals surface area contributed by atoms with Crippen molar-refractivity contribution in [2.75, 3.05) is 13.1 Å². The van der Waals surface area contributed by atoms with Gasteiger partial charge in [-0.3, -0.25) is 10.1 Å². The van der Waals surface area contributed by atoms with Crippen LogP contribution in [0.25, 0.3) is 0 Å². The molecule has 0 saturated heterocycles. The van der Waals surface area contributed by atoms with Gasteiger partial charge in [0.25, 0.3) is 0 Å². The molecule has 0 aliphatic carbocycles. The first kappa shape index (κ1) is 15.3. The van der Waals surface area contributed by atoms with Gasteiger partial charge in [-0.15, -0.1) is 0 Å². The zero-order valence-electron chi connectivity index (χ0n) is 12.7. The summed E-state index contributed by atoms with van der Waals surface area (Å²) in [6.45, 7) is 7.14. The van der Waals surface area contributed by atoms with Crippen molar-refractivity contribution in [2.45, 2.75) is 45.9 Å². The number of nitro groups is 1. The monoisotopic (exact) mass is 295 g/mol. The number of rotatable bonds is 3. The lowest BCUT2D eigenvalue weighted by molar-refractivity contribution is -0.479. The zero-order valence-corrected chi connectivity index (χ0v) is 12.7. The number of hydrogen-bond donors (Lipinski definition) is 0. The standard InChI is InChI=1S/C14H21N3O4/c1-14(2,3)21-13(18)15-8-9-16-11(6-7-17(19)20)4-5-12(16)10-15/h4-5H,6-10H2,1-3H3. The molecule has 0 unspecified atom stereocenters.